The Kier molecular flexibility index (Phi) is 2.44. The van der Waals surface area contributed by atoms with Crippen LogP contribution in [0.5, 0.6) is 0 Å². The van der Waals surface area contributed by atoms with Crippen molar-refractivity contribution in [1.29, 1.82) is 0 Å². The molecule has 1 aromatic rings. The summed E-state index contributed by atoms with van der Waals surface area (Å²) in [7, 11) is 0. The number of rotatable bonds is 1. The normalized spacial score (nSPS) is 28.2. The van der Waals surface area contributed by atoms with Gasteiger partial charge in [-0.1, -0.05) is 36.4 Å². The van der Waals surface area contributed by atoms with Gasteiger partial charge in [-0.25, -0.2) is 4.99 Å². The molecule has 0 saturated heterocycles. The van der Waals surface area contributed by atoms with Gasteiger partial charge < -0.3 is 10.5 Å². The van der Waals surface area contributed by atoms with Crippen LogP contribution < -0.4 is 5.73 Å². The van der Waals surface area contributed by atoms with Crippen LogP contribution >= 0.6 is 0 Å². The first kappa shape index (κ1) is 13.2. The Hall–Kier alpha value is -3.21. The minimum absolute atomic E-state index is 0.314. The maximum atomic E-state index is 11.8. The van der Waals surface area contributed by atoms with Crippen LogP contribution in [0.2, 0.25) is 0 Å². The van der Waals surface area contributed by atoms with Gasteiger partial charge in [0.2, 0.25) is 5.91 Å². The van der Waals surface area contributed by atoms with Crippen molar-refractivity contribution in [2.75, 3.05) is 0 Å². The van der Waals surface area contributed by atoms with E-state index < -0.39 is 11.5 Å². The predicted molar refractivity (Wildman–Crippen MR) is 91.4 cm³/mol. The molecule has 2 atom stereocenters. The van der Waals surface area contributed by atoms with E-state index in [9.17, 15) is 4.79 Å². The number of fused-ring (bicyclic) bond motifs is 4. The van der Waals surface area contributed by atoms with Crippen LogP contribution in [0.1, 0.15) is 11.1 Å². The van der Waals surface area contributed by atoms with E-state index in [2.05, 4.69) is 16.1 Å². The van der Waals surface area contributed by atoms with Crippen molar-refractivity contribution in [2.24, 2.45) is 15.7 Å². The lowest BCUT2D eigenvalue weighted by Gasteiger charge is -2.36. The molecular weight excluding hydrogens is 302 g/mol. The summed E-state index contributed by atoms with van der Waals surface area (Å²) in [6, 6.07) is 7.78. The number of primary amides is 1. The molecule has 1 amide bonds. The van der Waals surface area contributed by atoms with Gasteiger partial charge in [0.1, 0.15) is 12.1 Å². The highest BCUT2D eigenvalue weighted by Gasteiger charge is 2.43. The first-order chi connectivity index (χ1) is 11.7. The first-order valence-corrected chi connectivity index (χ1v) is 7.70. The fraction of sp³-hybridized carbons (Fsp3) is 0.105. The lowest BCUT2D eigenvalue weighted by atomic mass is 9.85. The molecule has 0 aromatic heterocycles. The Bertz CT molecular complexity index is 978. The third-order valence-electron chi connectivity index (χ3n) is 4.73. The molecule has 116 valence electrons. The molecule has 2 heterocycles. The fourth-order valence-electron chi connectivity index (χ4n) is 3.58. The van der Waals surface area contributed by atoms with Crippen LogP contribution in [0.4, 0.5) is 0 Å². The molecule has 2 unspecified atom stereocenters. The van der Waals surface area contributed by atoms with E-state index in [1.807, 2.05) is 42.5 Å². The molecule has 2 aliphatic heterocycles. The van der Waals surface area contributed by atoms with Crippen molar-refractivity contribution >= 4 is 24.0 Å². The second kappa shape index (κ2) is 4.41. The van der Waals surface area contributed by atoms with E-state index in [1.54, 1.807) is 6.08 Å². The first-order valence-electron chi connectivity index (χ1n) is 7.70. The highest BCUT2D eigenvalue weighted by Crippen LogP contribution is 2.46. The summed E-state index contributed by atoms with van der Waals surface area (Å²) in [6.45, 7) is 0. The number of allylic oxidation sites excluding steroid dienone is 1. The van der Waals surface area contributed by atoms with Gasteiger partial charge in [0.25, 0.3) is 0 Å². The third-order valence-corrected chi connectivity index (χ3v) is 4.73. The Morgan fingerprint density at radius 3 is 2.92 bits per heavy atom. The minimum atomic E-state index is -0.668. The quantitative estimate of drug-likeness (QED) is 0.860. The smallest absolute Gasteiger partial charge is 0.249 e. The molecule has 0 fully saturated rings. The fourth-order valence-corrected chi connectivity index (χ4v) is 3.58. The summed E-state index contributed by atoms with van der Waals surface area (Å²) >= 11 is 0. The zero-order chi connectivity index (χ0) is 16.3. The van der Waals surface area contributed by atoms with Crippen molar-refractivity contribution in [1.82, 2.24) is 0 Å². The number of hydrogen-bond acceptors (Lipinski definition) is 4. The molecule has 1 aromatic carbocycles. The van der Waals surface area contributed by atoms with Crippen LogP contribution in [0.15, 0.2) is 75.5 Å². The van der Waals surface area contributed by atoms with Gasteiger partial charge in [-0.3, -0.25) is 9.79 Å². The molecule has 4 aliphatic rings. The average molecular weight is 315 g/mol. The Labute approximate surface area is 138 Å². The van der Waals surface area contributed by atoms with Crippen LogP contribution in [0, 0.1) is 0 Å². The highest BCUT2D eigenvalue weighted by atomic mass is 16.5. The van der Waals surface area contributed by atoms with Gasteiger partial charge in [-0.2, -0.15) is 0 Å². The van der Waals surface area contributed by atoms with Gasteiger partial charge in [-0.05, 0) is 23.8 Å². The lowest BCUT2D eigenvalue weighted by molar-refractivity contribution is -0.114. The van der Waals surface area contributed by atoms with Crippen molar-refractivity contribution in [2.45, 2.75) is 11.6 Å². The van der Waals surface area contributed by atoms with Crippen LogP contribution in [-0.2, 0) is 15.1 Å². The maximum Gasteiger partial charge on any atom is 0.249 e. The van der Waals surface area contributed by atoms with Crippen molar-refractivity contribution in [3.05, 3.63) is 76.6 Å². The Morgan fingerprint density at radius 1 is 1.21 bits per heavy atom. The highest BCUT2D eigenvalue weighted by molar-refractivity contribution is 6.15. The summed E-state index contributed by atoms with van der Waals surface area (Å²) in [6.07, 6.45) is 11.1. The number of carbonyl (C=O) groups excluding carboxylic acids is 1. The van der Waals surface area contributed by atoms with Crippen LogP contribution in [0.25, 0.3) is 6.08 Å². The van der Waals surface area contributed by atoms with Crippen molar-refractivity contribution in [3.63, 3.8) is 0 Å². The monoisotopic (exact) mass is 315 g/mol. The second-order valence-electron chi connectivity index (χ2n) is 6.07. The van der Waals surface area contributed by atoms with E-state index in [4.69, 9.17) is 10.5 Å². The predicted octanol–water partition coefficient (Wildman–Crippen LogP) is 2.03. The van der Waals surface area contributed by atoms with Crippen LogP contribution in [-0.4, -0.2) is 24.0 Å². The van der Waals surface area contributed by atoms with Gasteiger partial charge in [0, 0.05) is 11.1 Å². The van der Waals surface area contributed by atoms with Crippen molar-refractivity contribution < 1.29 is 9.53 Å². The minimum Gasteiger partial charge on any atom is -0.475 e. The molecule has 5 nitrogen and oxygen atoms in total. The number of nitrogens with two attached hydrogens (primary N) is 1. The number of carbonyl (C=O) groups is 1. The standard InChI is InChI=1S/C19H13N3O2/c20-18(23)13-9-15-16(22-10-21-15)17-12(13)6-8-19(24-17)7-5-11-3-1-2-4-14(11)19/h1-10,16H,(H2,20,23). The second-order valence-corrected chi connectivity index (χ2v) is 6.07. The summed E-state index contributed by atoms with van der Waals surface area (Å²) in [5, 5.41) is 0. The van der Waals surface area contributed by atoms with Gasteiger partial charge >= 0.3 is 0 Å². The third kappa shape index (κ3) is 1.61. The zero-order valence-corrected chi connectivity index (χ0v) is 12.6. The molecule has 1 spiro atoms. The number of amides is 1. The Morgan fingerprint density at radius 2 is 2.04 bits per heavy atom. The van der Waals surface area contributed by atoms with Gasteiger partial charge in [0.15, 0.2) is 11.6 Å². The topological polar surface area (TPSA) is 77.0 Å². The molecule has 0 bridgehead atoms. The summed E-state index contributed by atoms with van der Waals surface area (Å²) in [4.78, 5) is 20.4. The molecule has 5 rings (SSSR count). The lowest BCUT2D eigenvalue weighted by Crippen LogP contribution is -2.36. The summed E-state index contributed by atoms with van der Waals surface area (Å²) in [5.41, 5.74) is 8.85. The molecule has 2 N–H and O–H groups in total. The number of benzene rings is 1. The van der Waals surface area contributed by atoms with Gasteiger partial charge in [0.05, 0.1) is 11.3 Å². The molecule has 24 heavy (non-hydrogen) atoms. The molecular formula is C19H13N3O2. The number of ether oxygens (including phenoxy) is 1. The van der Waals surface area contributed by atoms with E-state index >= 15 is 0 Å². The SMILES string of the molecule is NC(=O)C1=CC2=NC=NC2C2=C1C=CC1(C=Cc3ccccc31)O2. The molecule has 0 radical (unpaired) electrons. The molecule has 5 heteroatoms. The number of nitrogens with zero attached hydrogens (tertiary/aromatic N) is 2. The summed E-state index contributed by atoms with van der Waals surface area (Å²) < 4.78 is 6.42. The van der Waals surface area contributed by atoms with E-state index in [1.165, 1.54) is 6.34 Å². The Balaban J connectivity index is 1.66. The largest absolute Gasteiger partial charge is 0.475 e. The average Bonchev–Trinajstić information content (AvgIpc) is 3.20. The summed E-state index contributed by atoms with van der Waals surface area (Å²) in [5.74, 6) is 0.129. The van der Waals surface area contributed by atoms with E-state index in [0.717, 1.165) is 11.1 Å². The molecule has 0 saturated carbocycles. The number of aliphatic imine (C=N–C) groups is 2. The number of hydrogen-bond donors (Lipinski definition) is 1. The van der Waals surface area contributed by atoms with E-state index in [0.29, 0.717) is 22.6 Å². The zero-order valence-electron chi connectivity index (χ0n) is 12.6. The van der Waals surface area contributed by atoms with E-state index in [-0.39, 0.29) is 6.04 Å². The molecule has 2 aliphatic carbocycles. The van der Waals surface area contributed by atoms with Crippen molar-refractivity contribution in [3.8, 4) is 0 Å². The maximum absolute atomic E-state index is 11.8. The van der Waals surface area contributed by atoms with Gasteiger partial charge in [-0.15, -0.1) is 0 Å². The van der Waals surface area contributed by atoms with Crippen LogP contribution in [0.3, 0.4) is 0 Å².